The van der Waals surface area contributed by atoms with Crippen LogP contribution in [0, 0.1) is 18.7 Å². The van der Waals surface area contributed by atoms with E-state index in [4.69, 9.17) is 0 Å². The van der Waals surface area contributed by atoms with Crippen LogP contribution in [0.2, 0.25) is 0 Å². The van der Waals surface area contributed by atoms with Crippen molar-refractivity contribution < 1.29 is 22.4 Å². The molecule has 0 saturated carbocycles. The Hall–Kier alpha value is -4.02. The highest BCUT2D eigenvalue weighted by atomic mass is 79.9. The van der Waals surface area contributed by atoms with E-state index in [2.05, 4.69) is 21.2 Å². The molecule has 0 fully saturated rings. The lowest BCUT2D eigenvalue weighted by atomic mass is 10.0. The van der Waals surface area contributed by atoms with E-state index in [1.165, 1.54) is 17.0 Å². The Balaban J connectivity index is 1.79. The fourth-order valence-corrected chi connectivity index (χ4v) is 6.42. The molecule has 0 aliphatic heterocycles. The Morgan fingerprint density at radius 2 is 1.47 bits per heavy atom. The third kappa shape index (κ3) is 9.25. The standard InChI is InChI=1S/C35H37BrFN3O4S/c1-25(2)22-38-35(42)33(21-27-7-5-4-6-8-27)39(23-28-11-13-29(36)14-12-28)34(41)24-40(31-17-9-26(3)10-18-31)45(43,44)32-19-15-30(37)16-20-32/h4-20,25,33H,21-24H2,1-3H3,(H,38,42). The second kappa shape index (κ2) is 15.3. The van der Waals surface area contributed by atoms with Crippen molar-refractivity contribution in [2.24, 2.45) is 5.92 Å². The number of benzene rings is 4. The molecule has 0 aliphatic carbocycles. The zero-order chi connectivity index (χ0) is 32.6. The molecule has 45 heavy (non-hydrogen) atoms. The van der Waals surface area contributed by atoms with E-state index in [1.807, 2.05) is 75.4 Å². The first kappa shape index (κ1) is 33.9. The number of sulfonamides is 1. The highest BCUT2D eigenvalue weighted by Crippen LogP contribution is 2.26. The third-order valence-corrected chi connectivity index (χ3v) is 9.54. The first-order valence-corrected chi connectivity index (χ1v) is 16.9. The van der Waals surface area contributed by atoms with Gasteiger partial charge in [-0.3, -0.25) is 13.9 Å². The summed E-state index contributed by atoms with van der Waals surface area (Å²) < 4.78 is 43.6. The van der Waals surface area contributed by atoms with Gasteiger partial charge in [-0.05, 0) is 72.5 Å². The molecule has 0 spiro atoms. The molecule has 1 N–H and O–H groups in total. The second-order valence-corrected chi connectivity index (χ2v) is 14.1. The van der Waals surface area contributed by atoms with E-state index in [0.29, 0.717) is 6.54 Å². The molecule has 4 rings (SSSR count). The third-order valence-electron chi connectivity index (χ3n) is 7.22. The molecule has 0 saturated heterocycles. The van der Waals surface area contributed by atoms with Crippen LogP contribution in [0.15, 0.2) is 112 Å². The molecule has 1 atom stereocenters. The fourth-order valence-electron chi connectivity index (χ4n) is 4.74. The van der Waals surface area contributed by atoms with Gasteiger partial charge in [0.1, 0.15) is 18.4 Å². The van der Waals surface area contributed by atoms with Crippen molar-refractivity contribution in [3.63, 3.8) is 0 Å². The number of carbonyl (C=O) groups is 2. The van der Waals surface area contributed by atoms with Crippen molar-refractivity contribution >= 4 is 43.5 Å². The summed E-state index contributed by atoms with van der Waals surface area (Å²) in [5.41, 5.74) is 2.80. The van der Waals surface area contributed by atoms with Crippen molar-refractivity contribution in [1.29, 1.82) is 0 Å². The Bertz CT molecular complexity index is 1680. The summed E-state index contributed by atoms with van der Waals surface area (Å²) in [6.45, 7) is 5.74. The van der Waals surface area contributed by atoms with Crippen LogP contribution in [0.3, 0.4) is 0 Å². The van der Waals surface area contributed by atoms with Gasteiger partial charge in [0.2, 0.25) is 11.8 Å². The lowest BCUT2D eigenvalue weighted by Gasteiger charge is -2.34. The van der Waals surface area contributed by atoms with Crippen LogP contribution in [0.5, 0.6) is 0 Å². The van der Waals surface area contributed by atoms with Crippen LogP contribution in [0.25, 0.3) is 0 Å². The maximum absolute atomic E-state index is 14.4. The molecule has 0 radical (unpaired) electrons. The zero-order valence-electron chi connectivity index (χ0n) is 25.5. The fraction of sp³-hybridized carbons (Fsp3) is 0.257. The molecule has 4 aromatic rings. The second-order valence-electron chi connectivity index (χ2n) is 11.3. The van der Waals surface area contributed by atoms with Gasteiger partial charge in [-0.25, -0.2) is 12.8 Å². The predicted molar refractivity (Wildman–Crippen MR) is 179 cm³/mol. The maximum atomic E-state index is 14.4. The van der Waals surface area contributed by atoms with Crippen LogP contribution in [0.1, 0.15) is 30.5 Å². The first-order valence-electron chi connectivity index (χ1n) is 14.6. The molecule has 236 valence electrons. The van der Waals surface area contributed by atoms with Gasteiger partial charge in [0, 0.05) is 24.0 Å². The van der Waals surface area contributed by atoms with Crippen LogP contribution in [0.4, 0.5) is 10.1 Å². The van der Waals surface area contributed by atoms with E-state index >= 15 is 0 Å². The normalized spacial score (nSPS) is 12.0. The molecule has 0 bridgehead atoms. The molecule has 2 amide bonds. The molecule has 1 unspecified atom stereocenters. The van der Waals surface area contributed by atoms with Gasteiger partial charge in [0.15, 0.2) is 0 Å². The van der Waals surface area contributed by atoms with Gasteiger partial charge >= 0.3 is 0 Å². The van der Waals surface area contributed by atoms with Gasteiger partial charge in [0.25, 0.3) is 10.0 Å². The average molecular weight is 695 g/mol. The van der Waals surface area contributed by atoms with Crippen LogP contribution in [-0.2, 0) is 32.6 Å². The predicted octanol–water partition coefficient (Wildman–Crippen LogP) is 6.50. The molecule has 0 aliphatic rings. The van der Waals surface area contributed by atoms with E-state index in [1.54, 1.807) is 24.3 Å². The average Bonchev–Trinajstić information content (AvgIpc) is 3.02. The van der Waals surface area contributed by atoms with E-state index < -0.39 is 34.3 Å². The largest absolute Gasteiger partial charge is 0.354 e. The monoisotopic (exact) mass is 693 g/mol. The number of nitrogens with zero attached hydrogens (tertiary/aromatic N) is 2. The number of aryl methyl sites for hydroxylation is 1. The topological polar surface area (TPSA) is 86.8 Å². The number of nitrogens with one attached hydrogen (secondary N) is 1. The number of carbonyl (C=O) groups excluding carboxylic acids is 2. The van der Waals surface area contributed by atoms with Crippen molar-refractivity contribution in [2.45, 2.75) is 44.7 Å². The summed E-state index contributed by atoms with van der Waals surface area (Å²) in [5, 5.41) is 2.98. The number of halogens is 2. The molecule has 0 aromatic heterocycles. The van der Waals surface area contributed by atoms with Crippen molar-refractivity contribution in [2.75, 3.05) is 17.4 Å². The molecule has 10 heteroatoms. The number of hydrogen-bond donors (Lipinski definition) is 1. The van der Waals surface area contributed by atoms with Crippen LogP contribution >= 0.6 is 15.9 Å². The number of amides is 2. The minimum absolute atomic E-state index is 0.0665. The Morgan fingerprint density at radius 3 is 2.07 bits per heavy atom. The molecular weight excluding hydrogens is 657 g/mol. The summed E-state index contributed by atoms with van der Waals surface area (Å²) in [4.78, 5) is 29.5. The van der Waals surface area contributed by atoms with Crippen molar-refractivity contribution in [3.8, 4) is 0 Å². The van der Waals surface area contributed by atoms with Crippen LogP contribution in [-0.4, -0.2) is 44.3 Å². The van der Waals surface area contributed by atoms with E-state index in [9.17, 15) is 22.4 Å². The Morgan fingerprint density at radius 1 is 0.844 bits per heavy atom. The number of rotatable bonds is 13. The summed E-state index contributed by atoms with van der Waals surface area (Å²) in [6, 6.07) is 27.1. The number of anilines is 1. The van der Waals surface area contributed by atoms with Crippen molar-refractivity contribution in [3.05, 3.63) is 130 Å². The Labute approximate surface area is 273 Å². The summed E-state index contributed by atoms with van der Waals surface area (Å²) in [6.07, 6.45) is 0.224. The SMILES string of the molecule is Cc1ccc(N(CC(=O)N(Cc2ccc(Br)cc2)C(Cc2ccccc2)C(=O)NCC(C)C)S(=O)(=O)c2ccc(F)cc2)cc1. The van der Waals surface area contributed by atoms with Crippen molar-refractivity contribution in [1.82, 2.24) is 10.2 Å². The summed E-state index contributed by atoms with van der Waals surface area (Å²) in [7, 11) is -4.30. The molecular formula is C35H37BrFN3O4S. The lowest BCUT2D eigenvalue weighted by Crippen LogP contribution is -2.53. The minimum Gasteiger partial charge on any atom is -0.354 e. The summed E-state index contributed by atoms with van der Waals surface area (Å²) in [5.74, 6) is -1.30. The minimum atomic E-state index is -4.30. The lowest BCUT2D eigenvalue weighted by molar-refractivity contribution is -0.140. The zero-order valence-corrected chi connectivity index (χ0v) is 27.9. The van der Waals surface area contributed by atoms with Gasteiger partial charge in [-0.15, -0.1) is 0 Å². The summed E-state index contributed by atoms with van der Waals surface area (Å²) >= 11 is 3.44. The smallest absolute Gasteiger partial charge is 0.264 e. The quantitative estimate of drug-likeness (QED) is 0.173. The van der Waals surface area contributed by atoms with Gasteiger partial charge < -0.3 is 10.2 Å². The molecule has 4 aromatic carbocycles. The highest BCUT2D eigenvalue weighted by molar-refractivity contribution is 9.10. The van der Waals surface area contributed by atoms with Gasteiger partial charge in [0.05, 0.1) is 10.6 Å². The first-order chi connectivity index (χ1) is 21.4. The Kier molecular flexibility index (Phi) is 11.5. The highest BCUT2D eigenvalue weighted by Gasteiger charge is 2.34. The van der Waals surface area contributed by atoms with E-state index in [0.717, 1.165) is 37.6 Å². The van der Waals surface area contributed by atoms with Crippen LogP contribution < -0.4 is 9.62 Å². The number of hydrogen-bond acceptors (Lipinski definition) is 4. The molecule has 7 nitrogen and oxygen atoms in total. The maximum Gasteiger partial charge on any atom is 0.264 e. The molecule has 0 heterocycles. The van der Waals surface area contributed by atoms with E-state index in [-0.39, 0.29) is 35.4 Å². The van der Waals surface area contributed by atoms with Gasteiger partial charge in [-0.1, -0.05) is 89.9 Å². The van der Waals surface area contributed by atoms with Gasteiger partial charge in [-0.2, -0.15) is 0 Å².